The second kappa shape index (κ2) is 6.70. The van der Waals surface area contributed by atoms with E-state index in [4.69, 9.17) is 5.73 Å². The van der Waals surface area contributed by atoms with Gasteiger partial charge in [-0.1, -0.05) is 6.08 Å². The number of hydrogen-bond acceptors (Lipinski definition) is 1. The molecule has 0 aliphatic heterocycles. The van der Waals surface area contributed by atoms with E-state index in [1.807, 2.05) is 0 Å². The highest BCUT2D eigenvalue weighted by molar-refractivity contribution is 5.85. The van der Waals surface area contributed by atoms with E-state index in [1.165, 1.54) is 6.08 Å². The average molecular weight is 288 g/mol. The largest absolute Gasteiger partial charge is 0.324 e. The molecule has 1 aromatic carbocycles. The number of rotatable bonds is 4. The van der Waals surface area contributed by atoms with Crippen LogP contribution in [-0.4, -0.2) is 0 Å². The minimum atomic E-state index is -2.18. The van der Waals surface area contributed by atoms with E-state index in [-0.39, 0.29) is 18.8 Å². The molecule has 0 amide bonds. The van der Waals surface area contributed by atoms with Crippen LogP contribution in [0, 0.1) is 29.1 Å². The smallest absolute Gasteiger partial charge is 0.200 e. The van der Waals surface area contributed by atoms with Crippen molar-refractivity contribution in [3.8, 4) is 0 Å². The van der Waals surface area contributed by atoms with Gasteiger partial charge in [-0.2, -0.15) is 0 Å². The topological polar surface area (TPSA) is 26.0 Å². The Morgan fingerprint density at radius 2 is 1.33 bits per heavy atom. The van der Waals surface area contributed by atoms with Crippen molar-refractivity contribution in [2.24, 2.45) is 5.73 Å². The van der Waals surface area contributed by atoms with E-state index >= 15 is 0 Å². The minimum Gasteiger partial charge on any atom is -0.324 e. The molecule has 0 saturated carbocycles. The first-order valence-corrected chi connectivity index (χ1v) is 4.79. The van der Waals surface area contributed by atoms with Crippen LogP contribution in [0.3, 0.4) is 0 Å². The van der Waals surface area contributed by atoms with Gasteiger partial charge in [-0.25, -0.2) is 22.0 Å². The lowest BCUT2D eigenvalue weighted by Crippen LogP contribution is -2.17. The molecule has 0 radical (unpaired) electrons. The molecule has 1 nitrogen and oxygen atoms in total. The van der Waals surface area contributed by atoms with Crippen molar-refractivity contribution >= 4 is 12.4 Å². The van der Waals surface area contributed by atoms with Crippen molar-refractivity contribution in [3.63, 3.8) is 0 Å². The van der Waals surface area contributed by atoms with Gasteiger partial charge in [0.1, 0.15) is 0 Å². The van der Waals surface area contributed by atoms with E-state index < -0.39 is 40.7 Å². The molecular weight excluding hydrogens is 277 g/mol. The van der Waals surface area contributed by atoms with Crippen LogP contribution >= 0.6 is 12.4 Å². The van der Waals surface area contributed by atoms with E-state index in [0.717, 1.165) is 0 Å². The summed E-state index contributed by atoms with van der Waals surface area (Å²) in [5.74, 6) is -9.89. The monoisotopic (exact) mass is 287 g/mol. The highest BCUT2D eigenvalue weighted by atomic mass is 35.5. The highest BCUT2D eigenvalue weighted by Gasteiger charge is 2.28. The predicted molar refractivity (Wildman–Crippen MR) is 59.8 cm³/mol. The minimum absolute atomic E-state index is 0. The average Bonchev–Trinajstić information content (AvgIpc) is 2.31. The fourth-order valence-electron chi connectivity index (χ4n) is 1.39. The quantitative estimate of drug-likeness (QED) is 0.388. The molecule has 1 aromatic rings. The van der Waals surface area contributed by atoms with Crippen molar-refractivity contribution in [3.05, 3.63) is 47.3 Å². The second-order valence-corrected chi connectivity index (χ2v) is 3.46. The molecule has 0 saturated heterocycles. The molecule has 0 unspecified atom stereocenters. The van der Waals surface area contributed by atoms with E-state index in [1.54, 1.807) is 0 Å². The van der Waals surface area contributed by atoms with Gasteiger partial charge < -0.3 is 5.73 Å². The molecule has 0 bridgehead atoms. The van der Waals surface area contributed by atoms with Gasteiger partial charge >= 0.3 is 0 Å². The maximum Gasteiger partial charge on any atom is 0.200 e. The molecule has 0 aliphatic carbocycles. The summed E-state index contributed by atoms with van der Waals surface area (Å²) in [6.07, 6.45) is 1.79. The van der Waals surface area contributed by atoms with Crippen LogP contribution in [0.15, 0.2) is 12.7 Å². The molecular formula is C11H11ClF5N. The third kappa shape index (κ3) is 3.00. The lowest BCUT2D eigenvalue weighted by atomic mass is 10.0. The fourth-order valence-corrected chi connectivity index (χ4v) is 1.39. The Morgan fingerprint density at radius 3 is 1.72 bits per heavy atom. The number of halogens is 6. The van der Waals surface area contributed by atoms with Gasteiger partial charge in [0.25, 0.3) is 0 Å². The van der Waals surface area contributed by atoms with Gasteiger partial charge in [0.05, 0.1) is 0 Å². The Bertz CT molecular complexity index is 421. The van der Waals surface area contributed by atoms with Crippen molar-refractivity contribution in [1.82, 2.24) is 0 Å². The summed E-state index contributed by atoms with van der Waals surface area (Å²) in [6.45, 7) is 3.37. The van der Waals surface area contributed by atoms with Crippen LogP contribution in [0.25, 0.3) is 0 Å². The van der Waals surface area contributed by atoms with Crippen molar-refractivity contribution in [2.75, 3.05) is 0 Å². The standard InChI is InChI=1S/C11H10F5N.ClH/c1-2-3-4-5(17)6-7(12)9(14)11(16)10(15)8(6)13;/h2,5H,1,3-4,17H2;1H/t5-;/m0./s1. The molecule has 0 fully saturated rings. The van der Waals surface area contributed by atoms with E-state index in [9.17, 15) is 22.0 Å². The van der Waals surface area contributed by atoms with E-state index in [2.05, 4.69) is 6.58 Å². The maximum atomic E-state index is 13.3. The lowest BCUT2D eigenvalue weighted by molar-refractivity contribution is 0.362. The summed E-state index contributed by atoms with van der Waals surface area (Å²) in [5, 5.41) is 0. The van der Waals surface area contributed by atoms with Crippen molar-refractivity contribution < 1.29 is 22.0 Å². The van der Waals surface area contributed by atoms with Gasteiger partial charge in [-0.3, -0.25) is 0 Å². The third-order valence-corrected chi connectivity index (χ3v) is 2.30. The Kier molecular flexibility index (Phi) is 6.28. The van der Waals surface area contributed by atoms with Crippen molar-refractivity contribution in [1.29, 1.82) is 0 Å². The van der Waals surface area contributed by atoms with E-state index in [0.29, 0.717) is 6.42 Å². The van der Waals surface area contributed by atoms with Gasteiger partial charge in [-0.15, -0.1) is 19.0 Å². The Hall–Kier alpha value is -1.14. The zero-order chi connectivity index (χ0) is 13.2. The molecule has 2 N–H and O–H groups in total. The van der Waals surface area contributed by atoms with Crippen LogP contribution in [0.2, 0.25) is 0 Å². The summed E-state index contributed by atoms with van der Waals surface area (Å²) in [6, 6.07) is -1.27. The first-order chi connectivity index (χ1) is 7.91. The second-order valence-electron chi connectivity index (χ2n) is 3.46. The third-order valence-electron chi connectivity index (χ3n) is 2.30. The Balaban J connectivity index is 0.00000289. The van der Waals surface area contributed by atoms with Gasteiger partial charge in [-0.05, 0) is 12.8 Å². The van der Waals surface area contributed by atoms with Gasteiger partial charge in [0.15, 0.2) is 23.3 Å². The number of benzene rings is 1. The number of allylic oxidation sites excluding steroid dienone is 1. The zero-order valence-corrected chi connectivity index (χ0v) is 9.97. The highest BCUT2D eigenvalue weighted by Crippen LogP contribution is 2.28. The molecule has 1 atom stereocenters. The van der Waals surface area contributed by atoms with Gasteiger partial charge in [0, 0.05) is 11.6 Å². The summed E-state index contributed by atoms with van der Waals surface area (Å²) >= 11 is 0. The molecule has 7 heteroatoms. The van der Waals surface area contributed by atoms with Crippen LogP contribution < -0.4 is 5.73 Å². The molecule has 0 heterocycles. The summed E-state index contributed by atoms with van der Waals surface area (Å²) in [4.78, 5) is 0. The van der Waals surface area contributed by atoms with Crippen molar-refractivity contribution in [2.45, 2.75) is 18.9 Å². The Morgan fingerprint density at radius 1 is 0.944 bits per heavy atom. The van der Waals surface area contributed by atoms with Crippen LogP contribution in [0.1, 0.15) is 24.4 Å². The first kappa shape index (κ1) is 16.9. The summed E-state index contributed by atoms with van der Waals surface area (Å²) in [7, 11) is 0. The predicted octanol–water partition coefficient (Wildman–Crippen LogP) is 3.77. The lowest BCUT2D eigenvalue weighted by Gasteiger charge is -2.14. The Labute approximate surface area is 107 Å². The summed E-state index contributed by atoms with van der Waals surface area (Å²) < 4.78 is 64.9. The number of nitrogens with two attached hydrogens (primary N) is 1. The number of hydrogen-bond donors (Lipinski definition) is 1. The zero-order valence-electron chi connectivity index (χ0n) is 9.15. The molecule has 102 valence electrons. The fraction of sp³-hybridized carbons (Fsp3) is 0.273. The molecule has 0 aliphatic rings. The molecule has 0 aromatic heterocycles. The molecule has 18 heavy (non-hydrogen) atoms. The SMILES string of the molecule is C=CCC[C@H](N)c1c(F)c(F)c(F)c(F)c1F.Cl. The molecule has 0 spiro atoms. The van der Waals surface area contributed by atoms with Crippen LogP contribution in [-0.2, 0) is 0 Å². The summed E-state index contributed by atoms with van der Waals surface area (Å²) in [5.41, 5.74) is 4.40. The van der Waals surface area contributed by atoms with Crippen LogP contribution in [0.5, 0.6) is 0 Å². The molecule has 1 rings (SSSR count). The normalized spacial score (nSPS) is 11.9. The first-order valence-electron chi connectivity index (χ1n) is 4.79. The maximum absolute atomic E-state index is 13.3. The van der Waals surface area contributed by atoms with Gasteiger partial charge in [0.2, 0.25) is 5.82 Å². The van der Waals surface area contributed by atoms with Crippen LogP contribution in [0.4, 0.5) is 22.0 Å².